The predicted molar refractivity (Wildman–Crippen MR) is 80.3 cm³/mol. The van der Waals surface area contributed by atoms with Gasteiger partial charge < -0.3 is 11.1 Å². The summed E-state index contributed by atoms with van der Waals surface area (Å²) in [7, 11) is 0. The maximum absolute atomic E-state index is 11.8. The lowest BCUT2D eigenvalue weighted by Crippen LogP contribution is -2.27. The molecule has 0 fully saturated rings. The van der Waals surface area contributed by atoms with Crippen molar-refractivity contribution in [2.75, 3.05) is 0 Å². The van der Waals surface area contributed by atoms with E-state index >= 15 is 0 Å². The Hall–Kier alpha value is -2.21. The van der Waals surface area contributed by atoms with Crippen molar-refractivity contribution in [2.45, 2.75) is 39.4 Å². The molecule has 1 heterocycles. The second-order valence-corrected chi connectivity index (χ2v) is 5.28. The first-order valence-corrected chi connectivity index (χ1v) is 7.03. The van der Waals surface area contributed by atoms with Crippen LogP contribution in [0.3, 0.4) is 0 Å². The molecule has 0 saturated heterocycles. The van der Waals surface area contributed by atoms with Crippen LogP contribution in [0.2, 0.25) is 0 Å². The molecule has 6 heteroatoms. The molecule has 2 aromatic rings. The molecular weight excluding hydrogens is 266 g/mol. The van der Waals surface area contributed by atoms with Gasteiger partial charge in [-0.3, -0.25) is 4.79 Å². The summed E-state index contributed by atoms with van der Waals surface area (Å²) in [6.45, 7) is 5.30. The summed E-state index contributed by atoms with van der Waals surface area (Å²) in [4.78, 5) is 11.8. The van der Waals surface area contributed by atoms with E-state index in [1.54, 1.807) is 6.20 Å². The Balaban J connectivity index is 1.83. The van der Waals surface area contributed by atoms with Crippen molar-refractivity contribution in [3.8, 4) is 0 Å². The van der Waals surface area contributed by atoms with E-state index in [9.17, 15) is 4.79 Å². The normalized spacial score (nSPS) is 10.9. The third-order valence-corrected chi connectivity index (χ3v) is 3.24. The fourth-order valence-electron chi connectivity index (χ4n) is 1.93. The van der Waals surface area contributed by atoms with Crippen LogP contribution in [0.25, 0.3) is 0 Å². The molecule has 0 aliphatic carbocycles. The van der Waals surface area contributed by atoms with Crippen LogP contribution in [0.1, 0.15) is 36.6 Å². The number of nitrogens with one attached hydrogen (secondary N) is 1. The van der Waals surface area contributed by atoms with Crippen molar-refractivity contribution in [3.63, 3.8) is 0 Å². The smallest absolute Gasteiger partial charge is 0.242 e. The zero-order chi connectivity index (χ0) is 15.2. The highest BCUT2D eigenvalue weighted by Gasteiger charge is 2.05. The predicted octanol–water partition coefficient (Wildman–Crippen LogP) is 1.18. The van der Waals surface area contributed by atoms with Crippen LogP contribution < -0.4 is 11.1 Å². The first-order valence-electron chi connectivity index (χ1n) is 7.03. The van der Waals surface area contributed by atoms with Gasteiger partial charge in [-0.1, -0.05) is 43.3 Å². The number of carbonyl (C=O) groups is 1. The van der Waals surface area contributed by atoms with Crippen molar-refractivity contribution in [1.29, 1.82) is 0 Å². The lowest BCUT2D eigenvalue weighted by Gasteiger charge is -2.08. The van der Waals surface area contributed by atoms with E-state index in [0.717, 1.165) is 5.56 Å². The van der Waals surface area contributed by atoms with Gasteiger partial charge in [0.05, 0.1) is 11.9 Å². The number of hydrogen-bond acceptors (Lipinski definition) is 4. The number of nitrogens with two attached hydrogens (primary N) is 1. The van der Waals surface area contributed by atoms with Crippen LogP contribution in [0, 0.1) is 0 Å². The van der Waals surface area contributed by atoms with Gasteiger partial charge in [-0.2, -0.15) is 0 Å². The first-order chi connectivity index (χ1) is 10.1. The topological polar surface area (TPSA) is 85.8 Å². The number of nitrogens with zero attached hydrogens (tertiary/aromatic N) is 3. The summed E-state index contributed by atoms with van der Waals surface area (Å²) in [5, 5.41) is 10.5. The Labute approximate surface area is 124 Å². The molecule has 1 aromatic heterocycles. The molecule has 0 spiro atoms. The summed E-state index contributed by atoms with van der Waals surface area (Å²) in [5.74, 6) is 0.411. The molecule has 2 rings (SSSR count). The highest BCUT2D eigenvalue weighted by molar-refractivity contribution is 5.75. The molecule has 1 aromatic carbocycles. The summed E-state index contributed by atoms with van der Waals surface area (Å²) < 4.78 is 1.49. The van der Waals surface area contributed by atoms with Crippen LogP contribution in [0.5, 0.6) is 0 Å². The molecule has 112 valence electrons. The zero-order valence-corrected chi connectivity index (χ0v) is 12.4. The van der Waals surface area contributed by atoms with Crippen molar-refractivity contribution in [2.24, 2.45) is 5.73 Å². The Morgan fingerprint density at radius 2 is 2.05 bits per heavy atom. The Kier molecular flexibility index (Phi) is 5.05. The number of amides is 1. The van der Waals surface area contributed by atoms with Crippen molar-refractivity contribution in [1.82, 2.24) is 20.3 Å². The molecule has 0 unspecified atom stereocenters. The fraction of sp³-hybridized carbons (Fsp3) is 0.400. The van der Waals surface area contributed by atoms with Gasteiger partial charge in [0.2, 0.25) is 5.91 Å². The minimum absolute atomic E-state index is 0.101. The van der Waals surface area contributed by atoms with E-state index in [1.165, 1.54) is 10.2 Å². The maximum atomic E-state index is 11.8. The van der Waals surface area contributed by atoms with Gasteiger partial charge in [0, 0.05) is 13.1 Å². The minimum atomic E-state index is -0.101. The summed E-state index contributed by atoms with van der Waals surface area (Å²) in [5.41, 5.74) is 8.49. The second-order valence-electron chi connectivity index (χ2n) is 5.28. The van der Waals surface area contributed by atoms with Gasteiger partial charge in [0.25, 0.3) is 0 Å². The van der Waals surface area contributed by atoms with Crippen LogP contribution in [0.4, 0.5) is 0 Å². The molecule has 0 atom stereocenters. The van der Waals surface area contributed by atoms with Crippen LogP contribution in [-0.4, -0.2) is 20.9 Å². The second kappa shape index (κ2) is 6.99. The summed E-state index contributed by atoms with van der Waals surface area (Å²) >= 11 is 0. The van der Waals surface area contributed by atoms with E-state index in [2.05, 4.69) is 41.6 Å². The minimum Gasteiger partial charge on any atom is -0.350 e. The molecule has 21 heavy (non-hydrogen) atoms. The number of aromatic nitrogens is 3. The van der Waals surface area contributed by atoms with Crippen LogP contribution in [0.15, 0.2) is 30.5 Å². The summed E-state index contributed by atoms with van der Waals surface area (Å²) in [6, 6.07) is 8.27. The highest BCUT2D eigenvalue weighted by Crippen LogP contribution is 2.14. The molecule has 0 aliphatic rings. The monoisotopic (exact) mass is 287 g/mol. The third kappa shape index (κ3) is 4.39. The van der Waals surface area contributed by atoms with Gasteiger partial charge in [0.1, 0.15) is 6.54 Å². The molecule has 1 amide bonds. The van der Waals surface area contributed by atoms with E-state index in [0.29, 0.717) is 24.7 Å². The fourth-order valence-corrected chi connectivity index (χ4v) is 1.93. The Bertz CT molecular complexity index is 588. The highest BCUT2D eigenvalue weighted by atomic mass is 16.2. The SMILES string of the molecule is CC(C)c1ccc(CNC(=O)Cn2cc(CN)nn2)cc1. The Morgan fingerprint density at radius 3 is 2.62 bits per heavy atom. The lowest BCUT2D eigenvalue weighted by molar-refractivity contribution is -0.122. The van der Waals surface area contributed by atoms with Crippen molar-refractivity contribution < 1.29 is 4.79 Å². The summed E-state index contributed by atoms with van der Waals surface area (Å²) in [6.07, 6.45) is 1.68. The molecule has 3 N–H and O–H groups in total. The van der Waals surface area contributed by atoms with E-state index in [4.69, 9.17) is 5.73 Å². The van der Waals surface area contributed by atoms with Crippen molar-refractivity contribution in [3.05, 3.63) is 47.3 Å². The van der Waals surface area contributed by atoms with Gasteiger partial charge >= 0.3 is 0 Å². The number of carbonyl (C=O) groups excluding carboxylic acids is 1. The largest absolute Gasteiger partial charge is 0.350 e. The molecule has 0 radical (unpaired) electrons. The Morgan fingerprint density at radius 1 is 1.33 bits per heavy atom. The van der Waals surface area contributed by atoms with Gasteiger partial charge in [0.15, 0.2) is 0 Å². The third-order valence-electron chi connectivity index (χ3n) is 3.24. The quantitative estimate of drug-likeness (QED) is 0.835. The average molecular weight is 287 g/mol. The molecule has 0 aliphatic heterocycles. The van der Waals surface area contributed by atoms with Crippen LogP contribution >= 0.6 is 0 Å². The standard InChI is InChI=1S/C15H21N5O/c1-11(2)13-5-3-12(4-6-13)8-17-15(21)10-20-9-14(7-16)18-19-20/h3-6,9,11H,7-8,10,16H2,1-2H3,(H,17,21). The number of benzene rings is 1. The average Bonchev–Trinajstić information content (AvgIpc) is 2.93. The zero-order valence-electron chi connectivity index (χ0n) is 12.4. The van der Waals surface area contributed by atoms with Gasteiger partial charge in [-0.15, -0.1) is 5.10 Å². The van der Waals surface area contributed by atoms with Gasteiger partial charge in [-0.25, -0.2) is 4.68 Å². The molecule has 6 nitrogen and oxygen atoms in total. The van der Waals surface area contributed by atoms with Crippen LogP contribution in [-0.2, 0) is 24.4 Å². The molecular formula is C15H21N5O. The molecule has 0 saturated carbocycles. The number of hydrogen-bond donors (Lipinski definition) is 2. The van der Waals surface area contributed by atoms with E-state index < -0.39 is 0 Å². The first kappa shape index (κ1) is 15.2. The van der Waals surface area contributed by atoms with E-state index in [1.807, 2.05) is 12.1 Å². The van der Waals surface area contributed by atoms with Crippen molar-refractivity contribution >= 4 is 5.91 Å². The van der Waals surface area contributed by atoms with E-state index in [-0.39, 0.29) is 12.5 Å². The number of rotatable bonds is 6. The van der Waals surface area contributed by atoms with Gasteiger partial charge in [-0.05, 0) is 17.0 Å². The maximum Gasteiger partial charge on any atom is 0.242 e. The lowest BCUT2D eigenvalue weighted by atomic mass is 10.0. The molecule has 0 bridgehead atoms.